The van der Waals surface area contributed by atoms with E-state index in [1.165, 1.54) is 24.3 Å². The lowest BCUT2D eigenvalue weighted by atomic mass is 10.1. The Morgan fingerprint density at radius 1 is 1.10 bits per heavy atom. The van der Waals surface area contributed by atoms with E-state index < -0.39 is 17.9 Å². The standard InChI is InChI=1S/C21H17FN4O4/c1-12(26-20(28)15-4-2-3-5-16(15)21(26)29)10-18(27)23-11-17-24-19(30-25-17)13-6-8-14(22)9-7-13/h2-9,12H,10-11H2,1H3,(H,23,27)/t12-/m0/s1. The van der Waals surface area contributed by atoms with Crippen molar-refractivity contribution < 1.29 is 23.3 Å². The van der Waals surface area contributed by atoms with Crippen LogP contribution in [0, 0.1) is 5.82 Å². The highest BCUT2D eigenvalue weighted by Gasteiger charge is 2.38. The third-order valence-electron chi connectivity index (χ3n) is 4.75. The average Bonchev–Trinajstić information content (AvgIpc) is 3.31. The van der Waals surface area contributed by atoms with Crippen molar-refractivity contribution in [3.63, 3.8) is 0 Å². The number of carbonyl (C=O) groups excluding carboxylic acids is 3. The van der Waals surface area contributed by atoms with Crippen LogP contribution in [0.15, 0.2) is 53.1 Å². The van der Waals surface area contributed by atoms with Gasteiger partial charge in [-0.05, 0) is 43.3 Å². The van der Waals surface area contributed by atoms with Crippen LogP contribution in [0.3, 0.4) is 0 Å². The number of aromatic nitrogens is 2. The average molecular weight is 408 g/mol. The summed E-state index contributed by atoms with van der Waals surface area (Å²) in [4.78, 5) is 42.5. The molecule has 0 aliphatic carbocycles. The van der Waals surface area contributed by atoms with Crippen LogP contribution in [0.4, 0.5) is 4.39 Å². The van der Waals surface area contributed by atoms with Crippen LogP contribution in [0.25, 0.3) is 11.5 Å². The number of halogens is 1. The molecule has 0 radical (unpaired) electrons. The summed E-state index contributed by atoms with van der Waals surface area (Å²) >= 11 is 0. The van der Waals surface area contributed by atoms with E-state index >= 15 is 0 Å². The minimum Gasteiger partial charge on any atom is -0.349 e. The number of fused-ring (bicyclic) bond motifs is 1. The van der Waals surface area contributed by atoms with Crippen LogP contribution < -0.4 is 5.32 Å². The first-order chi connectivity index (χ1) is 14.4. The fourth-order valence-corrected chi connectivity index (χ4v) is 3.25. The van der Waals surface area contributed by atoms with Gasteiger partial charge in [0.2, 0.25) is 5.91 Å². The number of hydrogen-bond acceptors (Lipinski definition) is 6. The SMILES string of the molecule is C[C@@H](CC(=O)NCc1noc(-c2ccc(F)cc2)n1)N1C(=O)c2ccccc2C1=O. The summed E-state index contributed by atoms with van der Waals surface area (Å²) in [6, 6.07) is 11.5. The molecule has 1 atom stereocenters. The monoisotopic (exact) mass is 408 g/mol. The summed E-state index contributed by atoms with van der Waals surface area (Å²) in [5.41, 5.74) is 1.24. The summed E-state index contributed by atoms with van der Waals surface area (Å²) in [6.45, 7) is 1.65. The molecule has 0 saturated carbocycles. The Bertz CT molecular complexity index is 1090. The van der Waals surface area contributed by atoms with Crippen molar-refractivity contribution >= 4 is 17.7 Å². The summed E-state index contributed by atoms with van der Waals surface area (Å²) < 4.78 is 18.1. The van der Waals surface area contributed by atoms with E-state index in [2.05, 4.69) is 15.5 Å². The Morgan fingerprint density at radius 3 is 2.37 bits per heavy atom. The maximum Gasteiger partial charge on any atom is 0.261 e. The molecular weight excluding hydrogens is 391 g/mol. The highest BCUT2D eigenvalue weighted by molar-refractivity contribution is 6.21. The summed E-state index contributed by atoms with van der Waals surface area (Å²) in [6.07, 6.45) is -0.0614. The minimum atomic E-state index is -0.613. The lowest BCUT2D eigenvalue weighted by molar-refractivity contribution is -0.122. The van der Waals surface area contributed by atoms with Gasteiger partial charge in [0, 0.05) is 18.0 Å². The zero-order valence-corrected chi connectivity index (χ0v) is 16.0. The second kappa shape index (κ2) is 7.86. The largest absolute Gasteiger partial charge is 0.349 e. The lowest BCUT2D eigenvalue weighted by Gasteiger charge is -2.21. The van der Waals surface area contributed by atoms with Gasteiger partial charge >= 0.3 is 0 Å². The minimum absolute atomic E-state index is 0.0123. The van der Waals surface area contributed by atoms with Crippen molar-refractivity contribution in [2.75, 3.05) is 0 Å². The Kier molecular flexibility index (Phi) is 5.09. The smallest absolute Gasteiger partial charge is 0.261 e. The van der Waals surface area contributed by atoms with E-state index in [-0.39, 0.29) is 36.4 Å². The molecule has 30 heavy (non-hydrogen) atoms. The first kappa shape index (κ1) is 19.4. The van der Waals surface area contributed by atoms with Crippen LogP contribution in [0.5, 0.6) is 0 Å². The van der Waals surface area contributed by atoms with Gasteiger partial charge < -0.3 is 9.84 Å². The summed E-state index contributed by atoms with van der Waals surface area (Å²) in [5.74, 6) is -1.10. The van der Waals surface area contributed by atoms with Gasteiger partial charge in [-0.3, -0.25) is 19.3 Å². The normalized spacial score (nSPS) is 14.0. The van der Waals surface area contributed by atoms with Crippen molar-refractivity contribution in [1.82, 2.24) is 20.4 Å². The van der Waals surface area contributed by atoms with Crippen molar-refractivity contribution in [2.24, 2.45) is 0 Å². The molecule has 2 aromatic carbocycles. The van der Waals surface area contributed by atoms with Crippen LogP contribution >= 0.6 is 0 Å². The maximum atomic E-state index is 13.0. The van der Waals surface area contributed by atoms with Crippen LogP contribution in [-0.4, -0.2) is 38.8 Å². The van der Waals surface area contributed by atoms with Gasteiger partial charge in [-0.25, -0.2) is 4.39 Å². The molecule has 3 aromatic rings. The molecule has 0 fully saturated rings. The quantitative estimate of drug-likeness (QED) is 0.629. The zero-order valence-electron chi connectivity index (χ0n) is 16.0. The molecule has 1 aromatic heterocycles. The van der Waals surface area contributed by atoms with Gasteiger partial charge in [0.1, 0.15) is 5.82 Å². The van der Waals surface area contributed by atoms with Gasteiger partial charge in [-0.15, -0.1) is 0 Å². The maximum absolute atomic E-state index is 13.0. The third kappa shape index (κ3) is 3.69. The van der Waals surface area contributed by atoms with Gasteiger partial charge in [-0.1, -0.05) is 17.3 Å². The van der Waals surface area contributed by atoms with E-state index in [1.807, 2.05) is 0 Å². The molecule has 0 unspecified atom stereocenters. The Hall–Kier alpha value is -3.88. The topological polar surface area (TPSA) is 105 Å². The van der Waals surface area contributed by atoms with E-state index in [1.54, 1.807) is 31.2 Å². The molecular formula is C21H17FN4O4. The Morgan fingerprint density at radius 2 is 1.73 bits per heavy atom. The van der Waals surface area contributed by atoms with Gasteiger partial charge in [-0.2, -0.15) is 4.98 Å². The molecule has 9 heteroatoms. The van der Waals surface area contributed by atoms with Crippen molar-refractivity contribution in [1.29, 1.82) is 0 Å². The van der Waals surface area contributed by atoms with Crippen LogP contribution in [-0.2, 0) is 11.3 Å². The number of benzene rings is 2. The number of hydrogen-bond donors (Lipinski definition) is 1. The first-order valence-corrected chi connectivity index (χ1v) is 9.26. The molecule has 0 saturated heterocycles. The summed E-state index contributed by atoms with van der Waals surface area (Å²) in [5, 5.41) is 6.43. The van der Waals surface area contributed by atoms with E-state index in [0.29, 0.717) is 16.7 Å². The molecule has 1 N–H and O–H groups in total. The van der Waals surface area contributed by atoms with Crippen LogP contribution in [0.1, 0.15) is 39.9 Å². The van der Waals surface area contributed by atoms with Gasteiger partial charge in [0.05, 0.1) is 17.7 Å². The highest BCUT2D eigenvalue weighted by atomic mass is 19.1. The predicted molar refractivity (Wildman–Crippen MR) is 103 cm³/mol. The Balaban J connectivity index is 1.34. The molecule has 2 heterocycles. The molecule has 1 aliphatic rings. The number of imide groups is 1. The number of carbonyl (C=O) groups is 3. The third-order valence-corrected chi connectivity index (χ3v) is 4.75. The van der Waals surface area contributed by atoms with Gasteiger partial charge in [0.25, 0.3) is 17.7 Å². The number of nitrogens with zero attached hydrogens (tertiary/aromatic N) is 3. The zero-order chi connectivity index (χ0) is 21.3. The molecule has 3 amide bonds. The van der Waals surface area contributed by atoms with E-state index in [4.69, 9.17) is 4.52 Å². The van der Waals surface area contributed by atoms with Crippen molar-refractivity contribution in [2.45, 2.75) is 25.9 Å². The second-order valence-electron chi connectivity index (χ2n) is 6.88. The molecule has 8 nitrogen and oxygen atoms in total. The Labute approximate surface area is 170 Å². The molecule has 0 spiro atoms. The van der Waals surface area contributed by atoms with Gasteiger partial charge in [0.15, 0.2) is 5.82 Å². The van der Waals surface area contributed by atoms with E-state index in [0.717, 1.165) is 4.90 Å². The molecule has 4 rings (SSSR count). The highest BCUT2D eigenvalue weighted by Crippen LogP contribution is 2.25. The molecule has 1 aliphatic heterocycles. The van der Waals surface area contributed by atoms with Crippen molar-refractivity contribution in [3.8, 4) is 11.5 Å². The van der Waals surface area contributed by atoms with E-state index in [9.17, 15) is 18.8 Å². The summed E-state index contributed by atoms with van der Waals surface area (Å²) in [7, 11) is 0. The van der Waals surface area contributed by atoms with Crippen molar-refractivity contribution in [3.05, 3.63) is 71.3 Å². The fourth-order valence-electron chi connectivity index (χ4n) is 3.25. The lowest BCUT2D eigenvalue weighted by Crippen LogP contribution is -2.41. The molecule has 152 valence electrons. The van der Waals surface area contributed by atoms with Crippen LogP contribution in [0.2, 0.25) is 0 Å². The number of rotatable bonds is 6. The fraction of sp³-hybridized carbons (Fsp3) is 0.190. The number of amides is 3. The predicted octanol–water partition coefficient (Wildman–Crippen LogP) is 2.57. The molecule has 0 bridgehead atoms. The second-order valence-corrected chi connectivity index (χ2v) is 6.88. The number of nitrogens with one attached hydrogen (secondary N) is 1. The first-order valence-electron chi connectivity index (χ1n) is 9.26.